The van der Waals surface area contributed by atoms with E-state index in [1.807, 2.05) is 0 Å². The van der Waals surface area contributed by atoms with Crippen LogP contribution in [0.2, 0.25) is 0 Å². The predicted molar refractivity (Wildman–Crippen MR) is 101 cm³/mol. The Morgan fingerprint density at radius 2 is 1.67 bits per heavy atom. The number of carbonyl (C=O) groups excluding carboxylic acids is 2. The van der Waals surface area contributed by atoms with Gasteiger partial charge in [-0.15, -0.1) is 0 Å². The van der Waals surface area contributed by atoms with E-state index in [1.165, 1.54) is 0 Å². The van der Waals surface area contributed by atoms with Crippen molar-refractivity contribution in [1.29, 1.82) is 0 Å². The van der Waals surface area contributed by atoms with Gasteiger partial charge in [0.1, 0.15) is 24.7 Å². The molecule has 2 aromatic carbocycles. The summed E-state index contributed by atoms with van der Waals surface area (Å²) in [5.74, 6) is 0.0985. The van der Waals surface area contributed by atoms with Crippen molar-refractivity contribution in [3.05, 3.63) is 72.3 Å². The maximum Gasteiger partial charge on any atom is 0.273 e. The van der Waals surface area contributed by atoms with Gasteiger partial charge in [0.25, 0.3) is 11.8 Å². The fraction of sp³-hybridized carbons (Fsp3) is 0.200. The second-order valence-corrected chi connectivity index (χ2v) is 5.37. The van der Waals surface area contributed by atoms with Gasteiger partial charge in [-0.25, -0.2) is 0 Å². The van der Waals surface area contributed by atoms with Crippen LogP contribution in [-0.4, -0.2) is 38.7 Å². The summed E-state index contributed by atoms with van der Waals surface area (Å²) in [4.78, 5) is 24.5. The molecule has 0 aliphatic rings. The van der Waals surface area contributed by atoms with Gasteiger partial charge in [0.2, 0.25) is 0 Å². The Hall–Kier alpha value is -3.32. The number of carbonyl (C=O) groups is 2. The van der Waals surface area contributed by atoms with E-state index in [-0.39, 0.29) is 0 Å². The van der Waals surface area contributed by atoms with E-state index in [1.54, 1.807) is 61.7 Å². The molecule has 0 fully saturated rings. The number of rotatable bonds is 9. The van der Waals surface area contributed by atoms with Crippen LogP contribution in [0.5, 0.6) is 11.5 Å². The molecule has 0 saturated carbocycles. The summed E-state index contributed by atoms with van der Waals surface area (Å²) in [6.07, 6.45) is 1.63. The molecule has 0 heterocycles. The SMILES string of the molecule is C=CCOc1ccc(C(=O)NNC(=O)c2ccccc2OCCOC)cc1. The van der Waals surface area contributed by atoms with Gasteiger partial charge in [-0.05, 0) is 36.4 Å². The Morgan fingerprint density at radius 1 is 0.963 bits per heavy atom. The first-order valence-electron chi connectivity index (χ1n) is 8.31. The lowest BCUT2D eigenvalue weighted by Crippen LogP contribution is -2.41. The zero-order valence-corrected chi connectivity index (χ0v) is 15.1. The molecular formula is C20H22N2O5. The van der Waals surface area contributed by atoms with Crippen LogP contribution in [0.3, 0.4) is 0 Å². The molecule has 27 heavy (non-hydrogen) atoms. The first kappa shape index (κ1) is 20.0. The van der Waals surface area contributed by atoms with Crippen molar-refractivity contribution in [1.82, 2.24) is 10.9 Å². The molecule has 2 rings (SSSR count). The molecule has 0 aliphatic heterocycles. The monoisotopic (exact) mass is 370 g/mol. The van der Waals surface area contributed by atoms with Crippen molar-refractivity contribution in [3.8, 4) is 11.5 Å². The predicted octanol–water partition coefficient (Wildman–Crippen LogP) is 2.35. The maximum atomic E-state index is 12.3. The minimum absolute atomic E-state index is 0.307. The van der Waals surface area contributed by atoms with Gasteiger partial charge in [-0.1, -0.05) is 24.8 Å². The van der Waals surface area contributed by atoms with Gasteiger partial charge >= 0.3 is 0 Å². The normalized spacial score (nSPS) is 9.96. The highest BCUT2D eigenvalue weighted by Gasteiger charge is 2.13. The van der Waals surface area contributed by atoms with Crippen LogP contribution < -0.4 is 20.3 Å². The Morgan fingerprint density at radius 3 is 2.37 bits per heavy atom. The van der Waals surface area contributed by atoms with Crippen LogP contribution in [0.15, 0.2) is 61.2 Å². The van der Waals surface area contributed by atoms with Gasteiger partial charge in [-0.2, -0.15) is 0 Å². The smallest absolute Gasteiger partial charge is 0.273 e. The molecule has 0 spiro atoms. The van der Waals surface area contributed by atoms with Crippen LogP contribution in [0, 0.1) is 0 Å². The fourth-order valence-electron chi connectivity index (χ4n) is 2.13. The first-order chi connectivity index (χ1) is 13.2. The maximum absolute atomic E-state index is 12.3. The molecular weight excluding hydrogens is 348 g/mol. The first-order valence-corrected chi connectivity index (χ1v) is 8.31. The molecule has 0 aliphatic carbocycles. The number of hydrogen-bond donors (Lipinski definition) is 2. The molecule has 2 amide bonds. The number of hydrazine groups is 1. The lowest BCUT2D eigenvalue weighted by atomic mass is 10.2. The number of nitrogens with one attached hydrogen (secondary N) is 2. The number of amides is 2. The number of hydrogen-bond acceptors (Lipinski definition) is 5. The molecule has 0 radical (unpaired) electrons. The van der Waals surface area contributed by atoms with Crippen molar-refractivity contribution in [2.75, 3.05) is 26.9 Å². The number of methoxy groups -OCH3 is 1. The van der Waals surface area contributed by atoms with E-state index in [0.717, 1.165) is 0 Å². The van der Waals surface area contributed by atoms with Gasteiger partial charge < -0.3 is 14.2 Å². The molecule has 0 unspecified atom stereocenters. The molecule has 7 nitrogen and oxygen atoms in total. The molecule has 0 atom stereocenters. The van der Waals surface area contributed by atoms with Crippen LogP contribution in [-0.2, 0) is 4.74 Å². The number of ether oxygens (including phenoxy) is 3. The highest BCUT2D eigenvalue weighted by atomic mass is 16.5. The summed E-state index contributed by atoms with van der Waals surface area (Å²) in [7, 11) is 1.57. The largest absolute Gasteiger partial charge is 0.490 e. The summed E-state index contributed by atoms with van der Waals surface area (Å²) >= 11 is 0. The lowest BCUT2D eigenvalue weighted by molar-refractivity contribution is 0.0842. The third-order valence-electron chi connectivity index (χ3n) is 3.45. The van der Waals surface area contributed by atoms with E-state index in [2.05, 4.69) is 17.4 Å². The summed E-state index contributed by atoms with van der Waals surface area (Å²) in [6, 6.07) is 13.3. The van der Waals surface area contributed by atoms with Crippen LogP contribution in [0.4, 0.5) is 0 Å². The Labute approximate surface area is 157 Å². The molecule has 142 valence electrons. The summed E-state index contributed by atoms with van der Waals surface area (Å²) in [5, 5.41) is 0. The Bertz CT molecular complexity index is 774. The fourth-order valence-corrected chi connectivity index (χ4v) is 2.13. The minimum atomic E-state index is -0.484. The van der Waals surface area contributed by atoms with E-state index in [4.69, 9.17) is 14.2 Å². The number of para-hydroxylation sites is 1. The Kier molecular flexibility index (Phi) is 7.87. The van der Waals surface area contributed by atoms with E-state index < -0.39 is 11.8 Å². The lowest BCUT2D eigenvalue weighted by Gasteiger charge is -2.12. The van der Waals surface area contributed by atoms with E-state index in [0.29, 0.717) is 42.4 Å². The van der Waals surface area contributed by atoms with E-state index >= 15 is 0 Å². The second kappa shape index (κ2) is 10.6. The van der Waals surface area contributed by atoms with Crippen molar-refractivity contribution in [2.24, 2.45) is 0 Å². The van der Waals surface area contributed by atoms with Crippen molar-refractivity contribution in [3.63, 3.8) is 0 Å². The van der Waals surface area contributed by atoms with Crippen LogP contribution >= 0.6 is 0 Å². The second-order valence-electron chi connectivity index (χ2n) is 5.37. The minimum Gasteiger partial charge on any atom is -0.490 e. The van der Waals surface area contributed by atoms with Crippen LogP contribution in [0.1, 0.15) is 20.7 Å². The molecule has 0 saturated heterocycles. The van der Waals surface area contributed by atoms with E-state index in [9.17, 15) is 9.59 Å². The van der Waals surface area contributed by atoms with Gasteiger partial charge in [0, 0.05) is 12.7 Å². The zero-order valence-electron chi connectivity index (χ0n) is 15.1. The molecule has 2 N–H and O–H groups in total. The number of benzene rings is 2. The van der Waals surface area contributed by atoms with Crippen molar-refractivity contribution in [2.45, 2.75) is 0 Å². The highest BCUT2D eigenvalue weighted by Crippen LogP contribution is 2.17. The quantitative estimate of drug-likeness (QED) is 0.402. The van der Waals surface area contributed by atoms with Crippen molar-refractivity contribution < 1.29 is 23.8 Å². The van der Waals surface area contributed by atoms with Gasteiger partial charge in [-0.3, -0.25) is 20.4 Å². The molecule has 0 aromatic heterocycles. The average Bonchev–Trinajstić information content (AvgIpc) is 2.71. The Balaban J connectivity index is 1.93. The topological polar surface area (TPSA) is 85.9 Å². The van der Waals surface area contributed by atoms with Gasteiger partial charge in [0.15, 0.2) is 0 Å². The van der Waals surface area contributed by atoms with Crippen molar-refractivity contribution >= 4 is 11.8 Å². The summed E-state index contributed by atoms with van der Waals surface area (Å²) in [6.45, 7) is 4.67. The zero-order chi connectivity index (χ0) is 19.5. The third kappa shape index (κ3) is 6.16. The molecule has 7 heteroatoms. The average molecular weight is 370 g/mol. The van der Waals surface area contributed by atoms with Crippen LogP contribution in [0.25, 0.3) is 0 Å². The standard InChI is InChI=1S/C20H22N2O5/c1-3-12-26-16-10-8-15(9-11-16)19(23)21-22-20(24)17-6-4-5-7-18(17)27-14-13-25-2/h3-11H,1,12-14H2,2H3,(H,21,23)(H,22,24). The summed E-state index contributed by atoms with van der Waals surface area (Å²) in [5.41, 5.74) is 5.45. The summed E-state index contributed by atoms with van der Waals surface area (Å²) < 4.78 is 15.8. The highest BCUT2D eigenvalue weighted by molar-refractivity contribution is 6.00. The third-order valence-corrected chi connectivity index (χ3v) is 3.45. The molecule has 0 bridgehead atoms. The molecule has 2 aromatic rings. The van der Waals surface area contributed by atoms with Gasteiger partial charge in [0.05, 0.1) is 12.2 Å².